The Balaban J connectivity index is 2.01. The van der Waals surface area contributed by atoms with Gasteiger partial charge in [-0.25, -0.2) is 0 Å². The Morgan fingerprint density at radius 3 is 2.81 bits per heavy atom. The quantitative estimate of drug-likeness (QED) is 0.794. The van der Waals surface area contributed by atoms with Crippen molar-refractivity contribution in [1.29, 1.82) is 0 Å². The van der Waals surface area contributed by atoms with Gasteiger partial charge in [0.1, 0.15) is 0 Å². The lowest BCUT2D eigenvalue weighted by molar-refractivity contribution is 0.664. The Bertz CT molecular complexity index is 568. The maximum absolute atomic E-state index is 4.55. The zero-order valence-corrected chi connectivity index (χ0v) is 13.1. The monoisotopic (exact) mass is 284 g/mol. The summed E-state index contributed by atoms with van der Waals surface area (Å²) >= 11 is 0. The Morgan fingerprint density at radius 2 is 2.05 bits per heavy atom. The number of aryl methyl sites for hydroxylation is 1. The second-order valence-electron chi connectivity index (χ2n) is 5.31. The van der Waals surface area contributed by atoms with Gasteiger partial charge in [0.25, 0.3) is 0 Å². The van der Waals surface area contributed by atoms with Crippen molar-refractivity contribution in [3.63, 3.8) is 0 Å². The zero-order valence-electron chi connectivity index (χ0n) is 13.1. The molecule has 2 heterocycles. The van der Waals surface area contributed by atoms with Gasteiger partial charge in [0, 0.05) is 31.2 Å². The molecule has 4 nitrogen and oxygen atoms in total. The SMILES string of the molecule is CCCNCc1cc(N(C)Cc2cccc(C)n2)ccn1. The fourth-order valence-corrected chi connectivity index (χ4v) is 2.21. The number of nitrogens with one attached hydrogen (secondary N) is 1. The Hall–Kier alpha value is -1.94. The average Bonchev–Trinajstić information content (AvgIpc) is 2.48. The minimum Gasteiger partial charge on any atom is -0.369 e. The molecule has 0 saturated carbocycles. The fourth-order valence-electron chi connectivity index (χ4n) is 2.21. The van der Waals surface area contributed by atoms with E-state index < -0.39 is 0 Å². The molecule has 0 amide bonds. The highest BCUT2D eigenvalue weighted by Crippen LogP contribution is 2.15. The molecule has 0 aliphatic carbocycles. The Morgan fingerprint density at radius 1 is 1.19 bits per heavy atom. The third kappa shape index (κ3) is 4.83. The third-order valence-corrected chi connectivity index (χ3v) is 3.32. The van der Waals surface area contributed by atoms with E-state index in [1.165, 1.54) is 5.69 Å². The molecule has 2 rings (SSSR count). The van der Waals surface area contributed by atoms with Crippen LogP contribution in [0.1, 0.15) is 30.4 Å². The highest BCUT2D eigenvalue weighted by molar-refractivity contribution is 5.46. The molecule has 0 unspecified atom stereocenters. The van der Waals surface area contributed by atoms with Crippen LogP contribution in [0.25, 0.3) is 0 Å². The van der Waals surface area contributed by atoms with Crippen LogP contribution in [0, 0.1) is 6.92 Å². The predicted octanol–water partition coefficient (Wildman–Crippen LogP) is 2.92. The van der Waals surface area contributed by atoms with E-state index in [4.69, 9.17) is 0 Å². The molecule has 0 spiro atoms. The molecular weight excluding hydrogens is 260 g/mol. The van der Waals surface area contributed by atoms with Crippen molar-refractivity contribution in [2.24, 2.45) is 0 Å². The molecule has 0 radical (unpaired) electrons. The second kappa shape index (κ2) is 7.74. The summed E-state index contributed by atoms with van der Waals surface area (Å²) in [5.74, 6) is 0. The first-order chi connectivity index (χ1) is 10.2. The number of rotatable bonds is 7. The van der Waals surface area contributed by atoms with E-state index in [-0.39, 0.29) is 0 Å². The summed E-state index contributed by atoms with van der Waals surface area (Å²) in [5, 5.41) is 3.38. The standard InChI is InChI=1S/C17H24N4/c1-4-9-18-12-16-11-17(8-10-19-16)21(3)13-15-7-5-6-14(2)20-15/h5-8,10-11,18H,4,9,12-13H2,1-3H3. The van der Waals surface area contributed by atoms with Crippen molar-refractivity contribution in [3.8, 4) is 0 Å². The lowest BCUT2D eigenvalue weighted by Gasteiger charge is -2.19. The first-order valence-electron chi connectivity index (χ1n) is 7.48. The summed E-state index contributed by atoms with van der Waals surface area (Å²) in [6.07, 6.45) is 3.01. The third-order valence-electron chi connectivity index (χ3n) is 3.32. The van der Waals surface area contributed by atoms with Crippen LogP contribution < -0.4 is 10.2 Å². The van der Waals surface area contributed by atoms with Gasteiger partial charge in [-0.05, 0) is 44.2 Å². The number of hydrogen-bond donors (Lipinski definition) is 1. The van der Waals surface area contributed by atoms with E-state index >= 15 is 0 Å². The normalized spacial score (nSPS) is 10.6. The minimum atomic E-state index is 0.799. The summed E-state index contributed by atoms with van der Waals surface area (Å²) < 4.78 is 0. The first-order valence-corrected chi connectivity index (χ1v) is 7.48. The summed E-state index contributed by atoms with van der Waals surface area (Å²) in [6, 6.07) is 10.3. The van der Waals surface area contributed by atoms with Gasteiger partial charge in [-0.3, -0.25) is 9.97 Å². The highest BCUT2D eigenvalue weighted by Gasteiger charge is 2.05. The first kappa shape index (κ1) is 15.4. The zero-order chi connectivity index (χ0) is 15.1. The van der Waals surface area contributed by atoms with Crippen molar-refractivity contribution in [2.75, 3.05) is 18.5 Å². The van der Waals surface area contributed by atoms with Gasteiger partial charge in [0.05, 0.1) is 17.9 Å². The van der Waals surface area contributed by atoms with Crippen molar-refractivity contribution in [3.05, 3.63) is 53.6 Å². The van der Waals surface area contributed by atoms with Crippen LogP contribution in [-0.4, -0.2) is 23.6 Å². The topological polar surface area (TPSA) is 41.0 Å². The number of hydrogen-bond acceptors (Lipinski definition) is 4. The largest absolute Gasteiger partial charge is 0.369 e. The van der Waals surface area contributed by atoms with Gasteiger partial charge in [-0.15, -0.1) is 0 Å². The molecule has 2 aromatic heterocycles. The van der Waals surface area contributed by atoms with E-state index in [0.29, 0.717) is 0 Å². The van der Waals surface area contributed by atoms with E-state index in [9.17, 15) is 0 Å². The van der Waals surface area contributed by atoms with Gasteiger partial charge >= 0.3 is 0 Å². The highest BCUT2D eigenvalue weighted by atomic mass is 15.1. The van der Waals surface area contributed by atoms with Crippen LogP contribution >= 0.6 is 0 Å². The van der Waals surface area contributed by atoms with Crippen LogP contribution in [0.15, 0.2) is 36.5 Å². The molecule has 1 N–H and O–H groups in total. The molecule has 0 aromatic carbocycles. The Kier molecular flexibility index (Phi) is 5.69. The van der Waals surface area contributed by atoms with E-state index in [1.54, 1.807) is 0 Å². The van der Waals surface area contributed by atoms with Gasteiger partial charge in [-0.2, -0.15) is 0 Å². The molecule has 0 bridgehead atoms. The number of anilines is 1. The summed E-state index contributed by atoms with van der Waals surface area (Å²) in [6.45, 7) is 6.83. The van der Waals surface area contributed by atoms with Crippen molar-refractivity contribution in [1.82, 2.24) is 15.3 Å². The summed E-state index contributed by atoms with van der Waals surface area (Å²) in [4.78, 5) is 11.2. The molecule has 0 atom stereocenters. The predicted molar refractivity (Wildman–Crippen MR) is 87.3 cm³/mol. The lowest BCUT2D eigenvalue weighted by Crippen LogP contribution is -2.19. The van der Waals surface area contributed by atoms with Crippen molar-refractivity contribution >= 4 is 5.69 Å². The average molecular weight is 284 g/mol. The second-order valence-corrected chi connectivity index (χ2v) is 5.31. The van der Waals surface area contributed by atoms with Crippen LogP contribution in [0.4, 0.5) is 5.69 Å². The van der Waals surface area contributed by atoms with Gasteiger partial charge in [0.2, 0.25) is 0 Å². The molecule has 4 heteroatoms. The molecule has 112 valence electrons. The summed E-state index contributed by atoms with van der Waals surface area (Å²) in [5.41, 5.74) is 4.38. The molecule has 21 heavy (non-hydrogen) atoms. The smallest absolute Gasteiger partial charge is 0.0600 e. The molecule has 0 aliphatic heterocycles. The number of aromatic nitrogens is 2. The Labute approximate surface area is 127 Å². The summed E-state index contributed by atoms with van der Waals surface area (Å²) in [7, 11) is 2.09. The molecule has 0 saturated heterocycles. The molecule has 2 aromatic rings. The van der Waals surface area contributed by atoms with E-state index in [2.05, 4.69) is 52.4 Å². The van der Waals surface area contributed by atoms with Crippen LogP contribution in [-0.2, 0) is 13.1 Å². The number of pyridine rings is 2. The fraction of sp³-hybridized carbons (Fsp3) is 0.412. The van der Waals surface area contributed by atoms with E-state index in [1.807, 2.05) is 25.3 Å². The van der Waals surface area contributed by atoms with Gasteiger partial charge in [-0.1, -0.05) is 13.0 Å². The maximum Gasteiger partial charge on any atom is 0.0600 e. The molecular formula is C17H24N4. The van der Waals surface area contributed by atoms with E-state index in [0.717, 1.165) is 43.1 Å². The molecule has 0 aliphatic rings. The van der Waals surface area contributed by atoms with Crippen molar-refractivity contribution < 1.29 is 0 Å². The van der Waals surface area contributed by atoms with Gasteiger partial charge in [0.15, 0.2) is 0 Å². The minimum absolute atomic E-state index is 0.799. The van der Waals surface area contributed by atoms with Gasteiger partial charge < -0.3 is 10.2 Å². The van der Waals surface area contributed by atoms with Crippen LogP contribution in [0.5, 0.6) is 0 Å². The van der Waals surface area contributed by atoms with Crippen LogP contribution in [0.3, 0.4) is 0 Å². The lowest BCUT2D eigenvalue weighted by atomic mass is 10.2. The number of nitrogens with zero attached hydrogens (tertiary/aromatic N) is 3. The van der Waals surface area contributed by atoms with Crippen molar-refractivity contribution in [2.45, 2.75) is 33.4 Å². The molecule has 0 fully saturated rings. The maximum atomic E-state index is 4.55. The van der Waals surface area contributed by atoms with Crippen LogP contribution in [0.2, 0.25) is 0 Å².